The van der Waals surface area contributed by atoms with E-state index < -0.39 is 4.92 Å². The standard InChI is InChI=1S/C23H24N2O7/c1-24-8-7-15(16(24)12-26)21-19(30-2)11-20(31-3)22-17(27)10-18(32-23(21)22)13-5-4-6-14(9-13)25(28)29/h4-6,9-11,15-16,26H,7-8,12H2,1-3H3. The van der Waals surface area contributed by atoms with Crippen LogP contribution in [0.25, 0.3) is 22.3 Å². The predicted octanol–water partition coefficient (Wildman–Crippen LogP) is 3.17. The molecule has 3 aromatic rings. The molecule has 2 atom stereocenters. The van der Waals surface area contributed by atoms with Crippen LogP contribution in [-0.2, 0) is 0 Å². The van der Waals surface area contributed by atoms with Gasteiger partial charge < -0.3 is 23.9 Å². The minimum Gasteiger partial charge on any atom is -0.496 e. The van der Waals surface area contributed by atoms with Crippen LogP contribution in [0, 0.1) is 10.1 Å². The number of methoxy groups -OCH3 is 2. The Hall–Kier alpha value is -3.43. The number of aliphatic hydroxyl groups excluding tert-OH is 1. The fourth-order valence-electron chi connectivity index (χ4n) is 4.50. The number of non-ortho nitro benzene ring substituents is 1. The van der Waals surface area contributed by atoms with E-state index in [1.165, 1.54) is 32.4 Å². The minimum absolute atomic E-state index is 0.0629. The number of nitrogens with zero attached hydrogens (tertiary/aromatic N) is 2. The Morgan fingerprint density at radius 1 is 1.22 bits per heavy atom. The van der Waals surface area contributed by atoms with Crippen molar-refractivity contribution in [2.45, 2.75) is 18.4 Å². The first-order chi connectivity index (χ1) is 15.4. The number of nitro benzene ring substituents is 1. The molecule has 1 aromatic heterocycles. The Balaban J connectivity index is 2.03. The van der Waals surface area contributed by atoms with Gasteiger partial charge in [-0.05, 0) is 20.0 Å². The maximum absolute atomic E-state index is 13.2. The van der Waals surface area contributed by atoms with Crippen LogP contribution in [0.4, 0.5) is 5.69 Å². The fraction of sp³-hybridized carbons (Fsp3) is 0.348. The van der Waals surface area contributed by atoms with E-state index in [2.05, 4.69) is 4.90 Å². The van der Waals surface area contributed by atoms with E-state index in [0.29, 0.717) is 28.2 Å². The molecule has 2 unspecified atom stereocenters. The summed E-state index contributed by atoms with van der Waals surface area (Å²) in [4.78, 5) is 25.9. The molecule has 0 radical (unpaired) electrons. The number of hydrogen-bond acceptors (Lipinski definition) is 8. The average Bonchev–Trinajstić information content (AvgIpc) is 3.17. The highest BCUT2D eigenvalue weighted by molar-refractivity contribution is 5.90. The molecule has 0 bridgehead atoms. The maximum atomic E-state index is 13.2. The van der Waals surface area contributed by atoms with Crippen molar-refractivity contribution in [2.24, 2.45) is 0 Å². The van der Waals surface area contributed by atoms with Gasteiger partial charge in [-0.15, -0.1) is 0 Å². The molecule has 1 saturated heterocycles. The molecule has 1 fully saturated rings. The van der Waals surface area contributed by atoms with E-state index in [1.807, 2.05) is 7.05 Å². The van der Waals surface area contributed by atoms with Crippen molar-refractivity contribution in [1.29, 1.82) is 0 Å². The summed E-state index contributed by atoms with van der Waals surface area (Å²) < 4.78 is 17.3. The number of likely N-dealkylation sites (N-methyl/N-ethyl adjacent to an activating group) is 1. The number of fused-ring (bicyclic) bond motifs is 1. The molecular formula is C23H24N2O7. The van der Waals surface area contributed by atoms with Gasteiger partial charge in [0.25, 0.3) is 5.69 Å². The SMILES string of the molecule is COc1cc(OC)c2c(=O)cc(-c3cccc([N+](=O)[O-])c3)oc2c1C1CCN(C)C1CO. The fourth-order valence-corrected chi connectivity index (χ4v) is 4.50. The Labute approximate surface area is 183 Å². The summed E-state index contributed by atoms with van der Waals surface area (Å²) >= 11 is 0. The molecule has 2 aromatic carbocycles. The first-order valence-electron chi connectivity index (χ1n) is 10.2. The van der Waals surface area contributed by atoms with Gasteiger partial charge in [0.15, 0.2) is 5.43 Å². The van der Waals surface area contributed by atoms with E-state index in [4.69, 9.17) is 13.9 Å². The van der Waals surface area contributed by atoms with Crippen LogP contribution < -0.4 is 14.9 Å². The lowest BCUT2D eigenvalue weighted by atomic mass is 9.89. The van der Waals surface area contributed by atoms with Crippen molar-refractivity contribution in [1.82, 2.24) is 4.90 Å². The lowest BCUT2D eigenvalue weighted by Gasteiger charge is -2.25. The van der Waals surface area contributed by atoms with E-state index in [0.717, 1.165) is 13.0 Å². The van der Waals surface area contributed by atoms with Gasteiger partial charge in [0, 0.05) is 47.4 Å². The lowest BCUT2D eigenvalue weighted by molar-refractivity contribution is -0.384. The molecule has 0 spiro atoms. The van der Waals surface area contributed by atoms with Crippen molar-refractivity contribution < 1.29 is 23.9 Å². The first-order valence-corrected chi connectivity index (χ1v) is 10.2. The maximum Gasteiger partial charge on any atom is 0.270 e. The molecule has 1 aliphatic heterocycles. The Morgan fingerprint density at radius 3 is 2.62 bits per heavy atom. The van der Waals surface area contributed by atoms with Gasteiger partial charge in [0.2, 0.25) is 0 Å². The van der Waals surface area contributed by atoms with Crippen LogP contribution in [0.3, 0.4) is 0 Å². The molecule has 0 aliphatic carbocycles. The van der Waals surface area contributed by atoms with Crippen LogP contribution in [-0.4, -0.2) is 55.4 Å². The third-order valence-corrected chi connectivity index (χ3v) is 6.13. The quantitative estimate of drug-likeness (QED) is 0.459. The van der Waals surface area contributed by atoms with E-state index in [9.17, 15) is 20.0 Å². The van der Waals surface area contributed by atoms with Crippen LogP contribution in [0.5, 0.6) is 11.5 Å². The zero-order valence-electron chi connectivity index (χ0n) is 18.0. The van der Waals surface area contributed by atoms with Crippen molar-refractivity contribution in [3.8, 4) is 22.8 Å². The highest BCUT2D eigenvalue weighted by Crippen LogP contribution is 2.45. The molecule has 9 nitrogen and oxygen atoms in total. The van der Waals surface area contributed by atoms with Gasteiger partial charge in [0.1, 0.15) is 28.2 Å². The highest BCUT2D eigenvalue weighted by atomic mass is 16.6. The number of aliphatic hydroxyl groups is 1. The number of nitro groups is 1. The normalized spacial score (nSPS) is 18.8. The smallest absolute Gasteiger partial charge is 0.270 e. The number of hydrogen-bond donors (Lipinski definition) is 1. The van der Waals surface area contributed by atoms with E-state index in [1.54, 1.807) is 18.2 Å². The van der Waals surface area contributed by atoms with Gasteiger partial charge in [-0.3, -0.25) is 14.9 Å². The summed E-state index contributed by atoms with van der Waals surface area (Å²) in [5.74, 6) is 0.866. The van der Waals surface area contributed by atoms with Gasteiger partial charge in [-0.1, -0.05) is 12.1 Å². The van der Waals surface area contributed by atoms with Crippen molar-refractivity contribution in [2.75, 3.05) is 34.4 Å². The largest absolute Gasteiger partial charge is 0.496 e. The van der Waals surface area contributed by atoms with E-state index in [-0.39, 0.29) is 40.8 Å². The lowest BCUT2D eigenvalue weighted by Crippen LogP contribution is -2.32. The summed E-state index contributed by atoms with van der Waals surface area (Å²) in [5, 5.41) is 21.5. The monoisotopic (exact) mass is 440 g/mol. The molecule has 4 rings (SSSR count). The molecule has 0 saturated carbocycles. The van der Waals surface area contributed by atoms with Crippen LogP contribution in [0.1, 0.15) is 17.9 Å². The second-order valence-corrected chi connectivity index (χ2v) is 7.81. The topological polar surface area (TPSA) is 115 Å². The van der Waals surface area contributed by atoms with Gasteiger partial charge in [-0.25, -0.2) is 0 Å². The second kappa shape index (κ2) is 8.60. The summed E-state index contributed by atoms with van der Waals surface area (Å²) in [6.45, 7) is 0.702. The van der Waals surface area contributed by atoms with Gasteiger partial charge >= 0.3 is 0 Å². The van der Waals surface area contributed by atoms with Crippen molar-refractivity contribution in [3.63, 3.8) is 0 Å². The zero-order valence-corrected chi connectivity index (χ0v) is 18.0. The van der Waals surface area contributed by atoms with Crippen LogP contribution >= 0.6 is 0 Å². The summed E-state index contributed by atoms with van der Waals surface area (Å²) in [6, 6.07) is 8.72. The Bertz CT molecular complexity index is 1240. The number of ether oxygens (including phenoxy) is 2. The molecule has 9 heteroatoms. The second-order valence-electron chi connectivity index (χ2n) is 7.81. The highest BCUT2D eigenvalue weighted by Gasteiger charge is 2.37. The Kier molecular flexibility index (Phi) is 5.86. The molecule has 2 heterocycles. The summed E-state index contributed by atoms with van der Waals surface area (Å²) in [6.07, 6.45) is 0.740. The summed E-state index contributed by atoms with van der Waals surface area (Å²) in [7, 11) is 4.92. The van der Waals surface area contributed by atoms with Crippen LogP contribution in [0.2, 0.25) is 0 Å². The zero-order chi connectivity index (χ0) is 23.0. The predicted molar refractivity (Wildman–Crippen MR) is 119 cm³/mol. The third kappa shape index (κ3) is 3.59. The molecule has 1 N–H and O–H groups in total. The minimum atomic E-state index is -0.500. The van der Waals surface area contributed by atoms with Crippen molar-refractivity contribution >= 4 is 16.7 Å². The number of likely N-dealkylation sites (tertiary alicyclic amines) is 1. The molecule has 0 amide bonds. The Morgan fingerprint density at radius 2 is 1.97 bits per heavy atom. The molecule has 168 valence electrons. The van der Waals surface area contributed by atoms with E-state index >= 15 is 0 Å². The molecule has 32 heavy (non-hydrogen) atoms. The first kappa shape index (κ1) is 21.8. The van der Waals surface area contributed by atoms with Crippen LogP contribution in [0.15, 0.2) is 45.6 Å². The number of rotatable bonds is 6. The van der Waals surface area contributed by atoms with Gasteiger partial charge in [-0.2, -0.15) is 0 Å². The third-order valence-electron chi connectivity index (χ3n) is 6.13. The molecule has 1 aliphatic rings. The number of benzene rings is 2. The molecular weight excluding hydrogens is 416 g/mol. The van der Waals surface area contributed by atoms with Crippen molar-refractivity contribution in [3.05, 3.63) is 62.3 Å². The summed E-state index contributed by atoms with van der Waals surface area (Å²) in [5.41, 5.74) is 0.949. The average molecular weight is 440 g/mol. The van der Waals surface area contributed by atoms with Gasteiger partial charge in [0.05, 0.1) is 25.7 Å².